The Labute approximate surface area is 99.7 Å². The maximum absolute atomic E-state index is 12.0. The van der Waals surface area contributed by atoms with Gasteiger partial charge in [-0.3, -0.25) is 9.59 Å². The highest BCUT2D eigenvalue weighted by molar-refractivity contribution is 5.92. The molecule has 0 saturated heterocycles. The van der Waals surface area contributed by atoms with Crippen LogP contribution in [-0.4, -0.2) is 21.4 Å². The van der Waals surface area contributed by atoms with Crippen molar-refractivity contribution in [1.29, 1.82) is 0 Å². The van der Waals surface area contributed by atoms with Crippen molar-refractivity contribution in [1.82, 2.24) is 15.3 Å². The zero-order valence-electron chi connectivity index (χ0n) is 10.3. The van der Waals surface area contributed by atoms with Crippen LogP contribution in [0.4, 0.5) is 0 Å². The minimum absolute atomic E-state index is 0.0326. The van der Waals surface area contributed by atoms with Crippen LogP contribution in [0, 0.1) is 5.41 Å². The van der Waals surface area contributed by atoms with E-state index in [2.05, 4.69) is 36.1 Å². The van der Waals surface area contributed by atoms with E-state index in [1.165, 1.54) is 6.20 Å². The second kappa shape index (κ2) is 3.68. The summed E-state index contributed by atoms with van der Waals surface area (Å²) in [5.74, 6) is -0.228. The number of amides is 1. The number of hydrogen-bond acceptors (Lipinski definition) is 3. The van der Waals surface area contributed by atoms with Gasteiger partial charge in [-0.15, -0.1) is 0 Å². The summed E-state index contributed by atoms with van der Waals surface area (Å²) in [5.41, 5.74) is -0.147. The van der Waals surface area contributed by atoms with Crippen LogP contribution in [0.1, 0.15) is 44.1 Å². The Balaban J connectivity index is 2.13. The summed E-state index contributed by atoms with van der Waals surface area (Å²) < 4.78 is 0. The second-order valence-corrected chi connectivity index (χ2v) is 5.58. The van der Waals surface area contributed by atoms with E-state index in [1.54, 1.807) is 0 Å². The molecule has 0 bridgehead atoms. The van der Waals surface area contributed by atoms with Crippen molar-refractivity contribution in [3.8, 4) is 0 Å². The molecule has 0 unspecified atom stereocenters. The zero-order valence-corrected chi connectivity index (χ0v) is 10.3. The van der Waals surface area contributed by atoms with E-state index in [1.807, 2.05) is 0 Å². The highest BCUT2D eigenvalue weighted by atomic mass is 16.2. The van der Waals surface area contributed by atoms with Crippen LogP contribution in [0.2, 0.25) is 0 Å². The highest BCUT2D eigenvalue weighted by Gasteiger charge is 2.53. The molecule has 1 saturated carbocycles. The molecule has 1 amide bonds. The van der Waals surface area contributed by atoms with Crippen LogP contribution in [-0.2, 0) is 0 Å². The molecule has 92 valence electrons. The molecular formula is C12H17N3O2. The minimum atomic E-state index is -0.307. The van der Waals surface area contributed by atoms with Gasteiger partial charge in [0.05, 0.1) is 6.20 Å². The first-order chi connectivity index (χ1) is 7.84. The first-order valence-electron chi connectivity index (χ1n) is 5.71. The number of hydrogen-bond donors (Lipinski definition) is 2. The molecule has 5 heteroatoms. The molecule has 5 nitrogen and oxygen atoms in total. The predicted molar refractivity (Wildman–Crippen MR) is 63.7 cm³/mol. The van der Waals surface area contributed by atoms with Crippen molar-refractivity contribution in [3.63, 3.8) is 0 Å². The molecule has 0 spiro atoms. The summed E-state index contributed by atoms with van der Waals surface area (Å²) in [4.78, 5) is 29.1. The first-order valence-corrected chi connectivity index (χ1v) is 5.71. The lowest BCUT2D eigenvalue weighted by molar-refractivity contribution is 0.0882. The summed E-state index contributed by atoms with van der Waals surface area (Å²) in [6, 6.07) is 0. The Morgan fingerprint density at radius 3 is 2.53 bits per heavy atom. The molecule has 0 atom stereocenters. The number of carbonyl (C=O) groups excluding carboxylic acids is 1. The summed E-state index contributed by atoms with van der Waals surface area (Å²) in [7, 11) is 0. The van der Waals surface area contributed by atoms with Crippen LogP contribution in [0.5, 0.6) is 0 Å². The standard InChI is InChI=1S/C12H17N3O2/c1-11(2,3)12(4-5-12)15-10(17)8-6-14-9(16)7-13-8/h6-7H,4-5H2,1-3H3,(H,14,16)(H,15,17). The maximum Gasteiger partial charge on any atom is 0.271 e. The molecule has 0 radical (unpaired) electrons. The van der Waals surface area contributed by atoms with Gasteiger partial charge < -0.3 is 10.3 Å². The molecule has 1 aliphatic carbocycles. The Morgan fingerprint density at radius 2 is 2.12 bits per heavy atom. The van der Waals surface area contributed by atoms with Gasteiger partial charge in [-0.2, -0.15) is 0 Å². The molecule has 1 aromatic heterocycles. The molecule has 1 aromatic rings. The summed E-state index contributed by atoms with van der Waals surface area (Å²) in [5, 5.41) is 3.02. The van der Waals surface area contributed by atoms with Gasteiger partial charge in [-0.25, -0.2) is 4.98 Å². The fraction of sp³-hybridized carbons (Fsp3) is 0.583. The second-order valence-electron chi connectivity index (χ2n) is 5.58. The fourth-order valence-corrected chi connectivity index (χ4v) is 1.94. The third-order valence-corrected chi connectivity index (χ3v) is 3.44. The van der Waals surface area contributed by atoms with Gasteiger partial charge in [0.1, 0.15) is 5.69 Å². The Kier molecular flexibility index (Phi) is 2.56. The van der Waals surface area contributed by atoms with Gasteiger partial charge in [0.2, 0.25) is 0 Å². The van der Waals surface area contributed by atoms with Crippen molar-refractivity contribution in [2.45, 2.75) is 39.2 Å². The van der Waals surface area contributed by atoms with Crippen LogP contribution >= 0.6 is 0 Å². The molecule has 0 aliphatic heterocycles. The lowest BCUT2D eigenvalue weighted by Crippen LogP contribution is -2.46. The van der Waals surface area contributed by atoms with Crippen molar-refractivity contribution in [3.05, 3.63) is 28.4 Å². The molecule has 1 aliphatic rings. The van der Waals surface area contributed by atoms with Crippen molar-refractivity contribution in [2.75, 3.05) is 0 Å². The molecule has 0 aromatic carbocycles. The largest absolute Gasteiger partial charge is 0.345 e. The van der Waals surface area contributed by atoms with Crippen molar-refractivity contribution in [2.24, 2.45) is 5.41 Å². The SMILES string of the molecule is CC(C)(C)C1(NC(=O)c2c[nH]c(=O)cn2)CC1. The summed E-state index contributed by atoms with van der Waals surface area (Å²) >= 11 is 0. The lowest BCUT2D eigenvalue weighted by atomic mass is 9.84. The highest BCUT2D eigenvalue weighted by Crippen LogP contribution is 2.49. The van der Waals surface area contributed by atoms with E-state index < -0.39 is 0 Å². The Morgan fingerprint density at radius 1 is 1.47 bits per heavy atom. The van der Waals surface area contributed by atoms with Crippen molar-refractivity contribution < 1.29 is 4.79 Å². The number of nitrogens with one attached hydrogen (secondary N) is 2. The molecule has 2 N–H and O–H groups in total. The average molecular weight is 235 g/mol. The first kappa shape index (κ1) is 11.8. The van der Waals surface area contributed by atoms with E-state index >= 15 is 0 Å². The van der Waals surface area contributed by atoms with Gasteiger partial charge >= 0.3 is 0 Å². The smallest absolute Gasteiger partial charge is 0.271 e. The van der Waals surface area contributed by atoms with Gasteiger partial charge in [-0.05, 0) is 18.3 Å². The van der Waals surface area contributed by atoms with Crippen LogP contribution < -0.4 is 10.9 Å². The number of H-pyrrole nitrogens is 1. The lowest BCUT2D eigenvalue weighted by Gasteiger charge is -2.31. The zero-order chi connectivity index (χ0) is 12.7. The van der Waals surface area contributed by atoms with Crippen LogP contribution in [0.15, 0.2) is 17.2 Å². The number of nitrogens with zero attached hydrogens (tertiary/aromatic N) is 1. The fourth-order valence-electron chi connectivity index (χ4n) is 1.94. The molecular weight excluding hydrogens is 218 g/mol. The quantitative estimate of drug-likeness (QED) is 0.805. The molecule has 1 heterocycles. The van der Waals surface area contributed by atoms with E-state index in [0.29, 0.717) is 0 Å². The van der Waals surface area contributed by atoms with Gasteiger partial charge in [0.15, 0.2) is 0 Å². The number of aromatic nitrogens is 2. The Bertz CT molecular complexity index is 475. The maximum atomic E-state index is 12.0. The van der Waals surface area contributed by atoms with Gasteiger partial charge in [0, 0.05) is 11.7 Å². The monoisotopic (exact) mass is 235 g/mol. The Hall–Kier alpha value is -1.65. The van der Waals surface area contributed by atoms with Gasteiger partial charge in [0.25, 0.3) is 11.5 Å². The van der Waals surface area contributed by atoms with Crippen molar-refractivity contribution >= 4 is 5.91 Å². The van der Waals surface area contributed by atoms with E-state index in [-0.39, 0.29) is 28.1 Å². The van der Waals surface area contributed by atoms with E-state index in [4.69, 9.17) is 0 Å². The topological polar surface area (TPSA) is 74.8 Å². The third-order valence-electron chi connectivity index (χ3n) is 3.44. The number of rotatable bonds is 2. The van der Waals surface area contributed by atoms with Crippen LogP contribution in [0.25, 0.3) is 0 Å². The summed E-state index contributed by atoms with van der Waals surface area (Å²) in [6.45, 7) is 6.34. The summed E-state index contributed by atoms with van der Waals surface area (Å²) in [6.07, 6.45) is 4.44. The predicted octanol–water partition coefficient (Wildman–Crippen LogP) is 1.08. The van der Waals surface area contributed by atoms with E-state index in [9.17, 15) is 9.59 Å². The van der Waals surface area contributed by atoms with Gasteiger partial charge in [-0.1, -0.05) is 20.8 Å². The third kappa shape index (κ3) is 2.23. The normalized spacial score (nSPS) is 17.6. The number of carbonyl (C=O) groups is 1. The molecule has 2 rings (SSSR count). The van der Waals surface area contributed by atoms with E-state index in [0.717, 1.165) is 19.0 Å². The minimum Gasteiger partial charge on any atom is -0.345 e. The molecule has 17 heavy (non-hydrogen) atoms. The molecule has 1 fully saturated rings. The average Bonchev–Trinajstić information content (AvgIpc) is 2.98. The number of aromatic amines is 1. The van der Waals surface area contributed by atoms with Crippen LogP contribution in [0.3, 0.4) is 0 Å².